The lowest BCUT2D eigenvalue weighted by Gasteiger charge is -1.93. The van der Waals surface area contributed by atoms with Gasteiger partial charge in [-0.15, -0.1) is 0 Å². The Morgan fingerprint density at radius 2 is 1.67 bits per heavy atom. The number of hydrogen-bond donors (Lipinski definition) is 2. The summed E-state index contributed by atoms with van der Waals surface area (Å²) in [5.41, 5.74) is 0.395. The molecule has 0 aromatic heterocycles. The van der Waals surface area contributed by atoms with Crippen LogP contribution in [0.2, 0.25) is 0 Å². The van der Waals surface area contributed by atoms with E-state index in [-0.39, 0.29) is 11.1 Å². The summed E-state index contributed by atoms with van der Waals surface area (Å²) < 4.78 is 4.71. The number of rotatable bonds is 4. The van der Waals surface area contributed by atoms with Crippen molar-refractivity contribution in [3.8, 4) is 0 Å². The average Bonchev–Trinajstić information content (AvgIpc) is 2.14. The number of aliphatic carboxylic acids is 2. The van der Waals surface area contributed by atoms with Crippen LogP contribution in [0, 0.1) is 0 Å². The molecule has 0 aromatic carbocycles. The van der Waals surface area contributed by atoms with Crippen LogP contribution in [0.15, 0.2) is 24.0 Å². The van der Waals surface area contributed by atoms with Gasteiger partial charge in [-0.25, -0.2) is 9.59 Å². The minimum Gasteiger partial charge on any atom is -0.501 e. The Balaban J connectivity index is 0. The van der Waals surface area contributed by atoms with Crippen LogP contribution in [0.4, 0.5) is 0 Å². The van der Waals surface area contributed by atoms with Crippen molar-refractivity contribution >= 4 is 11.9 Å². The zero-order chi connectivity index (χ0) is 12.4. The van der Waals surface area contributed by atoms with Gasteiger partial charge in [0.1, 0.15) is 0 Å². The Kier molecular flexibility index (Phi) is 9.20. The molecule has 0 radical (unpaired) electrons. The molecular formula is C10H16O5. The summed E-state index contributed by atoms with van der Waals surface area (Å²) in [5.74, 6) is -1.88. The van der Waals surface area contributed by atoms with Crippen LogP contribution in [0.3, 0.4) is 0 Å². The molecule has 2 N–H and O–H groups in total. The number of hydrogen-bond acceptors (Lipinski definition) is 3. The Morgan fingerprint density at radius 3 is 1.87 bits per heavy atom. The van der Waals surface area contributed by atoms with Gasteiger partial charge in [0.2, 0.25) is 0 Å². The van der Waals surface area contributed by atoms with E-state index in [0.717, 1.165) is 0 Å². The van der Waals surface area contributed by atoms with Gasteiger partial charge in [0.05, 0.1) is 18.4 Å². The third-order valence-corrected chi connectivity index (χ3v) is 1.13. The molecule has 0 saturated heterocycles. The summed E-state index contributed by atoms with van der Waals surface area (Å²) in [4.78, 5) is 19.7. The topological polar surface area (TPSA) is 83.8 Å². The molecule has 15 heavy (non-hydrogen) atoms. The summed E-state index contributed by atoms with van der Waals surface area (Å²) in [6.45, 7) is 8.39. The van der Waals surface area contributed by atoms with E-state index in [9.17, 15) is 9.59 Å². The largest absolute Gasteiger partial charge is 0.501 e. The Hall–Kier alpha value is -1.78. The normalized spacial score (nSPS) is 9.67. The molecule has 5 heteroatoms. The molecule has 0 atom stereocenters. The molecule has 0 unspecified atom stereocenters. The van der Waals surface area contributed by atoms with E-state index in [2.05, 4.69) is 6.58 Å². The third-order valence-electron chi connectivity index (χ3n) is 1.13. The summed E-state index contributed by atoms with van der Waals surface area (Å²) in [7, 11) is 0. The van der Waals surface area contributed by atoms with Gasteiger partial charge >= 0.3 is 11.9 Å². The van der Waals surface area contributed by atoms with E-state index in [1.807, 2.05) is 0 Å². The molecule has 0 aliphatic heterocycles. The second-order valence-electron chi connectivity index (χ2n) is 2.65. The van der Waals surface area contributed by atoms with E-state index >= 15 is 0 Å². The highest BCUT2D eigenvalue weighted by molar-refractivity contribution is 5.85. The first-order valence-corrected chi connectivity index (χ1v) is 4.23. The summed E-state index contributed by atoms with van der Waals surface area (Å²) in [6.07, 6.45) is 1.24. The van der Waals surface area contributed by atoms with Gasteiger partial charge < -0.3 is 14.9 Å². The van der Waals surface area contributed by atoms with E-state index in [4.69, 9.17) is 14.9 Å². The molecule has 0 aromatic rings. The zero-order valence-electron chi connectivity index (χ0n) is 9.11. The predicted molar refractivity (Wildman–Crippen MR) is 55.5 cm³/mol. The van der Waals surface area contributed by atoms with E-state index < -0.39 is 11.9 Å². The second kappa shape index (κ2) is 8.80. The predicted octanol–water partition coefficient (Wildman–Crippen LogP) is 1.66. The average molecular weight is 216 g/mol. The fourth-order valence-electron chi connectivity index (χ4n) is 0.259. The minimum absolute atomic E-state index is 0.176. The molecule has 0 aliphatic rings. The van der Waals surface area contributed by atoms with Gasteiger partial charge in [0, 0.05) is 5.57 Å². The molecule has 0 heterocycles. The second-order valence-corrected chi connectivity index (χ2v) is 2.65. The van der Waals surface area contributed by atoms with Crippen LogP contribution in [-0.2, 0) is 14.3 Å². The summed E-state index contributed by atoms with van der Waals surface area (Å²) in [5, 5.41) is 16.2. The fourth-order valence-corrected chi connectivity index (χ4v) is 0.259. The van der Waals surface area contributed by atoms with Gasteiger partial charge in [-0.2, -0.15) is 0 Å². The number of carboxylic acids is 2. The molecule has 0 spiro atoms. The van der Waals surface area contributed by atoms with Crippen molar-refractivity contribution in [2.45, 2.75) is 20.8 Å². The lowest BCUT2D eigenvalue weighted by Crippen LogP contribution is -1.96. The maximum Gasteiger partial charge on any atom is 0.334 e. The van der Waals surface area contributed by atoms with E-state index in [1.54, 1.807) is 6.92 Å². The first-order valence-electron chi connectivity index (χ1n) is 4.23. The van der Waals surface area contributed by atoms with Gasteiger partial charge in [-0.05, 0) is 20.8 Å². The molecule has 5 nitrogen and oxygen atoms in total. The first kappa shape index (κ1) is 15.7. The quantitative estimate of drug-likeness (QED) is 0.551. The summed E-state index contributed by atoms with van der Waals surface area (Å²) in [6, 6.07) is 0. The van der Waals surface area contributed by atoms with E-state index in [0.29, 0.717) is 6.61 Å². The highest BCUT2D eigenvalue weighted by Crippen LogP contribution is 1.91. The molecule has 0 rings (SSSR count). The number of carboxylic acid groups (broad SMARTS) is 2. The van der Waals surface area contributed by atoms with Crippen molar-refractivity contribution in [1.82, 2.24) is 0 Å². The molecule has 0 bridgehead atoms. The monoisotopic (exact) mass is 216 g/mol. The highest BCUT2D eigenvalue weighted by atomic mass is 16.5. The van der Waals surface area contributed by atoms with Crippen molar-refractivity contribution in [2.75, 3.05) is 6.61 Å². The number of ether oxygens (including phenoxy) is 1. The van der Waals surface area contributed by atoms with Crippen molar-refractivity contribution in [1.29, 1.82) is 0 Å². The third kappa shape index (κ3) is 12.2. The zero-order valence-corrected chi connectivity index (χ0v) is 9.11. The number of carbonyl (C=O) groups is 2. The Bertz CT molecular complexity index is 253. The minimum atomic E-state index is -0.941. The Morgan fingerprint density at radius 1 is 1.27 bits per heavy atom. The van der Waals surface area contributed by atoms with Crippen LogP contribution >= 0.6 is 0 Å². The van der Waals surface area contributed by atoms with Gasteiger partial charge in [-0.1, -0.05) is 6.58 Å². The molecular weight excluding hydrogens is 200 g/mol. The summed E-state index contributed by atoms with van der Waals surface area (Å²) >= 11 is 0. The first-order chi connectivity index (χ1) is 6.82. The fraction of sp³-hybridized carbons (Fsp3) is 0.400. The molecule has 86 valence electrons. The van der Waals surface area contributed by atoms with Crippen LogP contribution in [0.25, 0.3) is 0 Å². The van der Waals surface area contributed by atoms with Gasteiger partial charge in [0.15, 0.2) is 0 Å². The SMILES string of the molecule is C=C(C)C(=O)O.CCOC=C(C)C(=O)O. The van der Waals surface area contributed by atoms with Gasteiger partial charge in [0.25, 0.3) is 0 Å². The Labute approximate surface area is 88.7 Å². The highest BCUT2D eigenvalue weighted by Gasteiger charge is 1.97. The standard InChI is InChI=1S/C6H10O3.C4H6O2/c1-3-9-4-5(2)6(7)8;1-3(2)4(5)6/h4H,3H2,1-2H3,(H,7,8);1H2,2H3,(H,5,6). The van der Waals surface area contributed by atoms with Crippen molar-refractivity contribution in [2.24, 2.45) is 0 Å². The lowest BCUT2D eigenvalue weighted by atomic mass is 10.3. The van der Waals surface area contributed by atoms with Crippen LogP contribution < -0.4 is 0 Å². The smallest absolute Gasteiger partial charge is 0.334 e. The van der Waals surface area contributed by atoms with E-state index in [1.165, 1.54) is 20.1 Å². The van der Waals surface area contributed by atoms with Crippen molar-refractivity contribution in [3.63, 3.8) is 0 Å². The van der Waals surface area contributed by atoms with Gasteiger partial charge in [-0.3, -0.25) is 0 Å². The molecule has 0 aliphatic carbocycles. The van der Waals surface area contributed by atoms with Crippen molar-refractivity contribution in [3.05, 3.63) is 24.0 Å². The van der Waals surface area contributed by atoms with Crippen molar-refractivity contribution < 1.29 is 24.5 Å². The maximum atomic E-state index is 10.1. The van der Waals surface area contributed by atoms with Crippen LogP contribution in [-0.4, -0.2) is 28.8 Å². The maximum absolute atomic E-state index is 10.1. The molecule has 0 fully saturated rings. The van der Waals surface area contributed by atoms with Crippen LogP contribution in [0.1, 0.15) is 20.8 Å². The lowest BCUT2D eigenvalue weighted by molar-refractivity contribution is -0.133. The van der Waals surface area contributed by atoms with Crippen LogP contribution in [0.5, 0.6) is 0 Å². The molecule has 0 saturated carbocycles. The molecule has 0 amide bonds.